The van der Waals surface area contributed by atoms with Gasteiger partial charge in [-0.15, -0.1) is 0 Å². The Morgan fingerprint density at radius 1 is 1.35 bits per heavy atom. The number of nitrogens with one attached hydrogen (secondary N) is 1. The number of hydrogen-bond acceptors (Lipinski definition) is 4. The first-order valence-electron chi connectivity index (χ1n) is 4.72. The first kappa shape index (κ1) is 12.6. The number of nitrogens with zero attached hydrogens (tertiary/aromatic N) is 1. The number of carboxylic acids is 1. The first-order chi connectivity index (χ1) is 8.00. The molecule has 1 heterocycles. The molecule has 0 unspecified atom stereocenters. The lowest BCUT2D eigenvalue weighted by Gasteiger charge is -2.12. The molecule has 0 fully saturated rings. The summed E-state index contributed by atoms with van der Waals surface area (Å²) in [5, 5.41) is 10.8. The number of aliphatic carboxylic acids is 1. The van der Waals surface area contributed by atoms with Gasteiger partial charge >= 0.3 is 5.97 Å². The second-order valence-electron chi connectivity index (χ2n) is 3.26. The third-order valence-corrected chi connectivity index (χ3v) is 1.97. The number of amides is 2. The predicted molar refractivity (Wildman–Crippen MR) is 56.9 cm³/mol. The Kier molecular flexibility index (Phi) is 4.15. The largest absolute Gasteiger partial charge is 0.481 e. The third-order valence-electron chi connectivity index (χ3n) is 1.97. The van der Waals surface area contributed by atoms with Gasteiger partial charge in [0.1, 0.15) is 6.04 Å². The standard InChI is InChI=1S/C10H11N3O4/c11-9(16)7(5-8(14)15)13-10(17)6-1-3-12-4-2-6/h1-4,7H,5H2,(H2,11,16)(H,13,17)(H,14,15)/t7-/m0/s1. The van der Waals surface area contributed by atoms with Crippen molar-refractivity contribution in [3.8, 4) is 0 Å². The maximum atomic E-state index is 11.6. The molecular weight excluding hydrogens is 226 g/mol. The minimum atomic E-state index is -1.23. The van der Waals surface area contributed by atoms with Crippen molar-refractivity contribution >= 4 is 17.8 Å². The number of primary amides is 1. The van der Waals surface area contributed by atoms with Crippen LogP contribution in [0.3, 0.4) is 0 Å². The van der Waals surface area contributed by atoms with Crippen LogP contribution in [-0.4, -0.2) is 33.9 Å². The molecular formula is C10H11N3O4. The summed E-state index contributed by atoms with van der Waals surface area (Å²) in [6.07, 6.45) is 2.27. The van der Waals surface area contributed by atoms with Gasteiger partial charge in [-0.05, 0) is 12.1 Å². The Hall–Kier alpha value is -2.44. The van der Waals surface area contributed by atoms with Gasteiger partial charge in [-0.2, -0.15) is 0 Å². The Balaban J connectivity index is 2.71. The van der Waals surface area contributed by atoms with E-state index < -0.39 is 30.2 Å². The summed E-state index contributed by atoms with van der Waals surface area (Å²) in [4.78, 5) is 36.7. The summed E-state index contributed by atoms with van der Waals surface area (Å²) >= 11 is 0. The molecule has 0 saturated carbocycles. The minimum absolute atomic E-state index is 0.275. The Morgan fingerprint density at radius 2 is 1.94 bits per heavy atom. The van der Waals surface area contributed by atoms with E-state index in [-0.39, 0.29) is 5.56 Å². The van der Waals surface area contributed by atoms with Crippen LogP contribution >= 0.6 is 0 Å². The maximum absolute atomic E-state index is 11.6. The second kappa shape index (κ2) is 5.59. The van der Waals surface area contributed by atoms with Crippen molar-refractivity contribution in [2.45, 2.75) is 12.5 Å². The van der Waals surface area contributed by atoms with Crippen LogP contribution < -0.4 is 11.1 Å². The molecule has 4 N–H and O–H groups in total. The van der Waals surface area contributed by atoms with Crippen molar-refractivity contribution < 1.29 is 19.5 Å². The average molecular weight is 237 g/mol. The summed E-state index contributed by atoms with van der Waals surface area (Å²) in [5.41, 5.74) is 5.26. The molecule has 0 aliphatic rings. The van der Waals surface area contributed by atoms with Gasteiger partial charge in [0, 0.05) is 18.0 Å². The molecule has 2 amide bonds. The Labute approximate surface area is 96.6 Å². The molecule has 0 radical (unpaired) electrons. The van der Waals surface area contributed by atoms with Crippen LogP contribution in [0.4, 0.5) is 0 Å². The summed E-state index contributed by atoms with van der Waals surface area (Å²) in [6.45, 7) is 0. The molecule has 17 heavy (non-hydrogen) atoms. The van der Waals surface area contributed by atoms with E-state index in [1.165, 1.54) is 24.5 Å². The Bertz CT molecular complexity index is 432. The minimum Gasteiger partial charge on any atom is -0.481 e. The SMILES string of the molecule is NC(=O)[C@H](CC(=O)O)NC(=O)c1ccncc1. The number of aromatic nitrogens is 1. The highest BCUT2D eigenvalue weighted by Crippen LogP contribution is 1.99. The number of hydrogen-bond donors (Lipinski definition) is 3. The summed E-state index contributed by atoms with van der Waals surface area (Å²) in [5.74, 6) is -2.68. The van der Waals surface area contributed by atoms with Gasteiger partial charge in [0.25, 0.3) is 5.91 Å². The van der Waals surface area contributed by atoms with E-state index in [1.54, 1.807) is 0 Å². The third kappa shape index (κ3) is 3.90. The van der Waals surface area contributed by atoms with Crippen molar-refractivity contribution in [1.82, 2.24) is 10.3 Å². The van der Waals surface area contributed by atoms with E-state index in [4.69, 9.17) is 10.8 Å². The van der Waals surface area contributed by atoms with E-state index in [2.05, 4.69) is 10.3 Å². The van der Waals surface area contributed by atoms with Crippen molar-refractivity contribution in [3.05, 3.63) is 30.1 Å². The number of carbonyl (C=O) groups is 3. The zero-order chi connectivity index (χ0) is 12.8. The van der Waals surface area contributed by atoms with E-state index in [1.807, 2.05) is 0 Å². The molecule has 1 rings (SSSR count). The van der Waals surface area contributed by atoms with Gasteiger partial charge in [-0.1, -0.05) is 0 Å². The highest BCUT2D eigenvalue weighted by molar-refractivity contribution is 5.98. The molecule has 7 heteroatoms. The van der Waals surface area contributed by atoms with Gasteiger partial charge in [-0.25, -0.2) is 0 Å². The lowest BCUT2D eigenvalue weighted by Crippen LogP contribution is -2.45. The van der Waals surface area contributed by atoms with Crippen LogP contribution in [0, 0.1) is 0 Å². The molecule has 0 aliphatic carbocycles. The molecule has 1 aromatic heterocycles. The Morgan fingerprint density at radius 3 is 2.41 bits per heavy atom. The highest BCUT2D eigenvalue weighted by atomic mass is 16.4. The monoisotopic (exact) mass is 237 g/mol. The average Bonchev–Trinajstić information content (AvgIpc) is 2.28. The fourth-order valence-corrected chi connectivity index (χ4v) is 1.14. The van der Waals surface area contributed by atoms with E-state index in [9.17, 15) is 14.4 Å². The molecule has 0 spiro atoms. The van der Waals surface area contributed by atoms with Crippen LogP contribution in [0.15, 0.2) is 24.5 Å². The quantitative estimate of drug-likeness (QED) is 0.615. The highest BCUT2D eigenvalue weighted by Gasteiger charge is 2.21. The van der Waals surface area contributed by atoms with E-state index in [0.29, 0.717) is 0 Å². The number of carboxylic acid groups (broad SMARTS) is 1. The molecule has 1 aromatic rings. The zero-order valence-corrected chi connectivity index (χ0v) is 8.79. The molecule has 0 aromatic carbocycles. The van der Waals surface area contributed by atoms with Gasteiger partial charge < -0.3 is 16.2 Å². The maximum Gasteiger partial charge on any atom is 0.305 e. The molecule has 1 atom stereocenters. The van der Waals surface area contributed by atoms with Crippen LogP contribution in [0.5, 0.6) is 0 Å². The second-order valence-corrected chi connectivity index (χ2v) is 3.26. The first-order valence-corrected chi connectivity index (χ1v) is 4.72. The molecule has 90 valence electrons. The number of rotatable bonds is 5. The fourth-order valence-electron chi connectivity index (χ4n) is 1.14. The molecule has 0 bridgehead atoms. The molecule has 0 saturated heterocycles. The number of pyridine rings is 1. The zero-order valence-electron chi connectivity index (χ0n) is 8.79. The smallest absolute Gasteiger partial charge is 0.305 e. The summed E-state index contributed by atoms with van der Waals surface area (Å²) in [6, 6.07) is 1.65. The van der Waals surface area contributed by atoms with Crippen LogP contribution in [0.25, 0.3) is 0 Å². The normalized spacial score (nSPS) is 11.5. The van der Waals surface area contributed by atoms with Gasteiger partial charge in [0.2, 0.25) is 5.91 Å². The van der Waals surface area contributed by atoms with Crippen molar-refractivity contribution in [2.75, 3.05) is 0 Å². The fraction of sp³-hybridized carbons (Fsp3) is 0.200. The summed E-state index contributed by atoms with van der Waals surface area (Å²) < 4.78 is 0. The van der Waals surface area contributed by atoms with Crippen LogP contribution in [0.1, 0.15) is 16.8 Å². The van der Waals surface area contributed by atoms with Crippen molar-refractivity contribution in [2.24, 2.45) is 5.73 Å². The lowest BCUT2D eigenvalue weighted by atomic mass is 10.1. The predicted octanol–water partition coefficient (Wildman–Crippen LogP) is -0.860. The van der Waals surface area contributed by atoms with Crippen molar-refractivity contribution in [1.29, 1.82) is 0 Å². The molecule has 0 aliphatic heterocycles. The van der Waals surface area contributed by atoms with Gasteiger partial charge in [0.15, 0.2) is 0 Å². The summed E-state index contributed by atoms with van der Waals surface area (Å²) in [7, 11) is 0. The van der Waals surface area contributed by atoms with Gasteiger partial charge in [-0.3, -0.25) is 19.4 Å². The van der Waals surface area contributed by atoms with E-state index >= 15 is 0 Å². The molecule has 7 nitrogen and oxygen atoms in total. The number of nitrogens with two attached hydrogens (primary N) is 1. The number of carbonyl (C=O) groups excluding carboxylic acids is 2. The topological polar surface area (TPSA) is 122 Å². The van der Waals surface area contributed by atoms with Crippen molar-refractivity contribution in [3.63, 3.8) is 0 Å². The van der Waals surface area contributed by atoms with Gasteiger partial charge in [0.05, 0.1) is 6.42 Å². The van der Waals surface area contributed by atoms with Crippen LogP contribution in [0.2, 0.25) is 0 Å². The lowest BCUT2D eigenvalue weighted by molar-refractivity contribution is -0.139. The van der Waals surface area contributed by atoms with Crippen LogP contribution in [-0.2, 0) is 9.59 Å². The van der Waals surface area contributed by atoms with E-state index in [0.717, 1.165) is 0 Å².